The lowest BCUT2D eigenvalue weighted by Gasteiger charge is -2.37. The molecule has 1 aliphatic rings. The lowest BCUT2D eigenvalue weighted by atomic mass is 10.1. The molecular formula is C24H24N4O5S. The van der Waals surface area contributed by atoms with E-state index in [4.69, 9.17) is 0 Å². The third-order valence-corrected chi connectivity index (χ3v) is 7.14. The Morgan fingerprint density at radius 1 is 0.882 bits per heavy atom. The lowest BCUT2D eigenvalue weighted by Crippen LogP contribution is -2.52. The predicted octanol–water partition coefficient (Wildman–Crippen LogP) is 2.96. The normalized spacial score (nSPS) is 15.1. The highest BCUT2D eigenvalue weighted by Gasteiger charge is 2.33. The summed E-state index contributed by atoms with van der Waals surface area (Å²) in [4.78, 5) is 28.0. The fourth-order valence-electron chi connectivity index (χ4n) is 3.91. The molecule has 3 aromatic rings. The molecule has 10 heteroatoms. The summed E-state index contributed by atoms with van der Waals surface area (Å²) < 4.78 is 28.5. The predicted molar refractivity (Wildman–Crippen MR) is 128 cm³/mol. The van der Waals surface area contributed by atoms with Crippen LogP contribution in [-0.2, 0) is 14.8 Å². The second-order valence-electron chi connectivity index (χ2n) is 7.87. The van der Waals surface area contributed by atoms with Crippen molar-refractivity contribution in [1.29, 1.82) is 0 Å². The van der Waals surface area contributed by atoms with Crippen molar-refractivity contribution >= 4 is 27.3 Å². The number of nitro groups is 1. The number of carbonyl (C=O) groups is 1. The molecule has 176 valence electrons. The summed E-state index contributed by atoms with van der Waals surface area (Å²) in [6, 6.07) is 21.7. The summed E-state index contributed by atoms with van der Waals surface area (Å²) >= 11 is 0. The summed E-state index contributed by atoms with van der Waals surface area (Å²) in [5.41, 5.74) is 1.04. The quantitative estimate of drug-likeness (QED) is 0.411. The Balaban J connectivity index is 1.60. The molecule has 1 aliphatic heterocycles. The summed E-state index contributed by atoms with van der Waals surface area (Å²) in [5, 5.41) is 11.3. The summed E-state index contributed by atoms with van der Waals surface area (Å²) in [7, 11) is -4.06. The number of non-ortho nitro benzene ring substituents is 1. The van der Waals surface area contributed by atoms with E-state index in [1.165, 1.54) is 36.4 Å². The van der Waals surface area contributed by atoms with Gasteiger partial charge in [0.15, 0.2) is 0 Å². The Morgan fingerprint density at radius 3 is 2.12 bits per heavy atom. The number of sulfonamides is 1. The molecule has 1 N–H and O–H groups in total. The lowest BCUT2D eigenvalue weighted by molar-refractivity contribution is -0.384. The Bertz CT molecular complexity index is 1260. The van der Waals surface area contributed by atoms with E-state index in [9.17, 15) is 23.3 Å². The molecule has 0 aliphatic carbocycles. The molecular weight excluding hydrogens is 456 g/mol. The molecule has 1 atom stereocenters. The van der Waals surface area contributed by atoms with Crippen molar-refractivity contribution in [3.63, 3.8) is 0 Å². The van der Waals surface area contributed by atoms with Gasteiger partial charge in [-0.15, -0.1) is 0 Å². The van der Waals surface area contributed by atoms with Gasteiger partial charge >= 0.3 is 0 Å². The molecule has 1 heterocycles. The number of hydrogen-bond acceptors (Lipinski definition) is 6. The minimum absolute atomic E-state index is 0.00660. The molecule has 0 radical (unpaired) electrons. The zero-order chi connectivity index (χ0) is 24.1. The van der Waals surface area contributed by atoms with Gasteiger partial charge in [0.05, 0.1) is 9.82 Å². The van der Waals surface area contributed by atoms with Crippen molar-refractivity contribution in [2.24, 2.45) is 0 Å². The number of amides is 1. The third kappa shape index (κ3) is 5.24. The average molecular weight is 481 g/mol. The first-order chi connectivity index (χ1) is 16.3. The van der Waals surface area contributed by atoms with Gasteiger partial charge in [0.2, 0.25) is 15.9 Å². The first-order valence-electron chi connectivity index (χ1n) is 10.8. The molecule has 0 aromatic heterocycles. The van der Waals surface area contributed by atoms with E-state index in [-0.39, 0.29) is 16.1 Å². The Hall–Kier alpha value is -3.76. The highest BCUT2D eigenvalue weighted by Crippen LogP contribution is 2.25. The van der Waals surface area contributed by atoms with Gasteiger partial charge < -0.3 is 9.80 Å². The van der Waals surface area contributed by atoms with Crippen LogP contribution in [0.2, 0.25) is 0 Å². The maximum Gasteiger partial charge on any atom is 0.269 e. The molecule has 1 fully saturated rings. The van der Waals surface area contributed by atoms with Crippen LogP contribution in [0.5, 0.6) is 0 Å². The molecule has 1 amide bonds. The van der Waals surface area contributed by atoms with Crippen molar-refractivity contribution in [3.05, 3.63) is 101 Å². The maximum absolute atomic E-state index is 13.5. The van der Waals surface area contributed by atoms with E-state index in [1.54, 1.807) is 23.1 Å². The van der Waals surface area contributed by atoms with Crippen LogP contribution in [0.15, 0.2) is 89.8 Å². The average Bonchev–Trinajstić information content (AvgIpc) is 2.88. The first kappa shape index (κ1) is 23.4. The number of anilines is 1. The number of nitro benzene ring substituents is 1. The smallest absolute Gasteiger partial charge is 0.269 e. The Kier molecular flexibility index (Phi) is 6.90. The van der Waals surface area contributed by atoms with E-state index in [1.807, 2.05) is 30.3 Å². The number of carbonyl (C=O) groups excluding carboxylic acids is 1. The second kappa shape index (κ2) is 10.0. The highest BCUT2D eigenvalue weighted by molar-refractivity contribution is 7.89. The summed E-state index contributed by atoms with van der Waals surface area (Å²) in [5.74, 6) is -0.451. The van der Waals surface area contributed by atoms with E-state index in [0.717, 1.165) is 5.69 Å². The zero-order valence-electron chi connectivity index (χ0n) is 18.3. The minimum atomic E-state index is -4.06. The highest BCUT2D eigenvalue weighted by atomic mass is 32.2. The Labute approximate surface area is 197 Å². The van der Waals surface area contributed by atoms with E-state index in [0.29, 0.717) is 26.2 Å². The molecule has 1 saturated heterocycles. The molecule has 1 unspecified atom stereocenters. The molecule has 0 bridgehead atoms. The van der Waals surface area contributed by atoms with Crippen molar-refractivity contribution in [3.8, 4) is 0 Å². The van der Waals surface area contributed by atoms with Gasteiger partial charge in [-0.2, -0.15) is 4.72 Å². The number of benzene rings is 3. The van der Waals surface area contributed by atoms with Crippen LogP contribution in [0.1, 0.15) is 11.6 Å². The van der Waals surface area contributed by atoms with Gasteiger partial charge in [-0.05, 0) is 29.8 Å². The number of rotatable bonds is 7. The van der Waals surface area contributed by atoms with E-state index in [2.05, 4.69) is 9.62 Å². The van der Waals surface area contributed by atoms with Crippen molar-refractivity contribution in [2.75, 3.05) is 31.1 Å². The SMILES string of the molecule is O=C(C(NS(=O)(=O)c1ccccc1)c1cccc([N+](=O)[O-])c1)N1CCN(c2ccccc2)CC1. The number of piperazine rings is 1. The van der Waals surface area contributed by atoms with Crippen LogP contribution in [0, 0.1) is 10.1 Å². The van der Waals surface area contributed by atoms with E-state index < -0.39 is 26.9 Å². The van der Waals surface area contributed by atoms with Crippen molar-refractivity contribution in [1.82, 2.24) is 9.62 Å². The number of para-hydroxylation sites is 1. The van der Waals surface area contributed by atoms with Gasteiger partial charge in [0.1, 0.15) is 6.04 Å². The number of nitrogens with zero attached hydrogens (tertiary/aromatic N) is 3. The fraction of sp³-hybridized carbons (Fsp3) is 0.208. The van der Waals surface area contributed by atoms with Gasteiger partial charge in [-0.1, -0.05) is 48.5 Å². The maximum atomic E-state index is 13.5. The number of nitrogens with one attached hydrogen (secondary N) is 1. The van der Waals surface area contributed by atoms with Crippen LogP contribution >= 0.6 is 0 Å². The van der Waals surface area contributed by atoms with Crippen LogP contribution in [0.3, 0.4) is 0 Å². The second-order valence-corrected chi connectivity index (χ2v) is 9.58. The largest absolute Gasteiger partial charge is 0.368 e. The zero-order valence-corrected chi connectivity index (χ0v) is 19.1. The standard InChI is InChI=1S/C24H24N4O5S/c29-24(27-16-14-26(15-17-27)20-9-3-1-4-10-20)23(19-8-7-11-21(18-19)28(30)31)25-34(32,33)22-12-5-2-6-13-22/h1-13,18,23,25H,14-17H2. The van der Waals surface area contributed by atoms with E-state index >= 15 is 0 Å². The fourth-order valence-corrected chi connectivity index (χ4v) is 5.11. The first-order valence-corrected chi connectivity index (χ1v) is 12.2. The third-order valence-electron chi connectivity index (χ3n) is 5.70. The van der Waals surface area contributed by atoms with Crippen molar-refractivity contribution in [2.45, 2.75) is 10.9 Å². The van der Waals surface area contributed by atoms with Gasteiger partial charge in [0.25, 0.3) is 5.69 Å². The number of hydrogen-bond donors (Lipinski definition) is 1. The van der Waals surface area contributed by atoms with Crippen LogP contribution in [0.4, 0.5) is 11.4 Å². The molecule has 3 aromatic carbocycles. The topological polar surface area (TPSA) is 113 Å². The van der Waals surface area contributed by atoms with Gasteiger partial charge in [0, 0.05) is 44.0 Å². The van der Waals surface area contributed by atoms with Gasteiger partial charge in [-0.3, -0.25) is 14.9 Å². The van der Waals surface area contributed by atoms with Crippen LogP contribution < -0.4 is 9.62 Å². The molecule has 0 spiro atoms. The summed E-state index contributed by atoms with van der Waals surface area (Å²) in [6.45, 7) is 1.96. The summed E-state index contributed by atoms with van der Waals surface area (Å²) in [6.07, 6.45) is 0. The molecule has 34 heavy (non-hydrogen) atoms. The monoisotopic (exact) mass is 480 g/mol. The molecule has 4 rings (SSSR count). The van der Waals surface area contributed by atoms with Crippen molar-refractivity contribution < 1.29 is 18.1 Å². The molecule has 9 nitrogen and oxygen atoms in total. The minimum Gasteiger partial charge on any atom is -0.368 e. The molecule has 0 saturated carbocycles. The Morgan fingerprint density at radius 2 is 1.50 bits per heavy atom. The van der Waals surface area contributed by atoms with Crippen LogP contribution in [-0.4, -0.2) is 50.3 Å². The van der Waals surface area contributed by atoms with Crippen LogP contribution in [0.25, 0.3) is 0 Å². The van der Waals surface area contributed by atoms with Gasteiger partial charge in [-0.25, -0.2) is 8.42 Å².